The molecule has 0 atom stereocenters. The topological polar surface area (TPSA) is 52.9 Å². The van der Waals surface area contributed by atoms with Crippen molar-refractivity contribution in [3.8, 4) is 6.07 Å². The van der Waals surface area contributed by atoms with Gasteiger partial charge in [-0.25, -0.2) is 0 Å². The van der Waals surface area contributed by atoms with Crippen LogP contribution in [0.2, 0.25) is 0 Å². The van der Waals surface area contributed by atoms with Crippen molar-refractivity contribution in [2.45, 2.75) is 6.92 Å². The molecule has 1 N–H and O–H groups in total. The average molecular weight is 226 g/mol. The fourth-order valence-corrected chi connectivity index (χ4v) is 1.14. The predicted octanol–water partition coefficient (Wildman–Crippen LogP) is 2.26. The summed E-state index contributed by atoms with van der Waals surface area (Å²) in [5.41, 5.74) is 2.40. The third-order valence-electron chi connectivity index (χ3n) is 2.03. The lowest BCUT2D eigenvalue weighted by molar-refractivity contribution is -0.116. The minimum Gasteiger partial charge on any atom is -0.349 e. The van der Waals surface area contributed by atoms with E-state index in [4.69, 9.17) is 5.26 Å². The zero-order valence-corrected chi connectivity index (χ0v) is 9.73. The monoisotopic (exact) mass is 226 g/mol. The van der Waals surface area contributed by atoms with Crippen LogP contribution in [0.5, 0.6) is 0 Å². The molecule has 0 aliphatic heterocycles. The minimum absolute atomic E-state index is 0.155. The quantitative estimate of drug-likeness (QED) is 0.632. The minimum atomic E-state index is -0.155. The molecule has 17 heavy (non-hydrogen) atoms. The van der Waals surface area contributed by atoms with Gasteiger partial charge in [-0.1, -0.05) is 24.3 Å². The lowest BCUT2D eigenvalue weighted by Gasteiger charge is -1.99. The Hall–Kier alpha value is -2.34. The van der Waals surface area contributed by atoms with E-state index >= 15 is 0 Å². The van der Waals surface area contributed by atoms with Crippen LogP contribution >= 0.6 is 0 Å². The van der Waals surface area contributed by atoms with E-state index in [9.17, 15) is 4.79 Å². The van der Waals surface area contributed by atoms with E-state index in [1.165, 1.54) is 6.08 Å². The number of benzene rings is 1. The molecule has 0 radical (unpaired) electrons. The molecule has 0 unspecified atom stereocenters. The van der Waals surface area contributed by atoms with Gasteiger partial charge in [-0.3, -0.25) is 4.79 Å². The van der Waals surface area contributed by atoms with Gasteiger partial charge in [-0.15, -0.1) is 0 Å². The van der Waals surface area contributed by atoms with Gasteiger partial charge in [0.1, 0.15) is 0 Å². The number of hydrogen-bond acceptors (Lipinski definition) is 2. The standard InChI is InChI=1S/C14H14N2O/c1-11(2)10-16-14(17)8-7-12-3-5-13(9-15)6-4-12/h3-8H,1,10H2,2H3,(H,16,17)/b8-7+. The second-order valence-electron chi connectivity index (χ2n) is 3.74. The smallest absolute Gasteiger partial charge is 0.244 e. The van der Waals surface area contributed by atoms with E-state index in [1.54, 1.807) is 30.3 Å². The molecule has 0 aliphatic carbocycles. The van der Waals surface area contributed by atoms with E-state index in [0.29, 0.717) is 12.1 Å². The third kappa shape index (κ3) is 4.80. The summed E-state index contributed by atoms with van der Waals surface area (Å²) >= 11 is 0. The molecule has 0 aromatic heterocycles. The summed E-state index contributed by atoms with van der Waals surface area (Å²) in [5.74, 6) is -0.155. The van der Waals surface area contributed by atoms with Crippen LogP contribution in [-0.2, 0) is 4.79 Å². The second kappa shape index (κ2) is 6.29. The number of carbonyl (C=O) groups excluding carboxylic acids is 1. The zero-order chi connectivity index (χ0) is 12.7. The van der Waals surface area contributed by atoms with Gasteiger partial charge in [0.15, 0.2) is 0 Å². The van der Waals surface area contributed by atoms with Gasteiger partial charge in [0.2, 0.25) is 5.91 Å². The highest BCUT2D eigenvalue weighted by atomic mass is 16.1. The number of nitrogens with zero attached hydrogens (tertiary/aromatic N) is 1. The molecule has 0 saturated carbocycles. The van der Waals surface area contributed by atoms with Crippen molar-refractivity contribution in [3.05, 3.63) is 53.6 Å². The van der Waals surface area contributed by atoms with Crippen LogP contribution in [0.25, 0.3) is 6.08 Å². The Morgan fingerprint density at radius 2 is 2.12 bits per heavy atom. The van der Waals surface area contributed by atoms with Crippen molar-refractivity contribution >= 4 is 12.0 Å². The summed E-state index contributed by atoms with van der Waals surface area (Å²) in [6.45, 7) is 6.03. The van der Waals surface area contributed by atoms with Gasteiger partial charge in [0.05, 0.1) is 11.6 Å². The Bertz CT molecular complexity index is 478. The summed E-state index contributed by atoms with van der Waals surface area (Å²) in [5, 5.41) is 11.3. The van der Waals surface area contributed by atoms with Crippen LogP contribution < -0.4 is 5.32 Å². The molecule has 0 heterocycles. The summed E-state index contributed by atoms with van der Waals surface area (Å²) < 4.78 is 0. The number of rotatable bonds is 4. The molecule has 86 valence electrons. The largest absolute Gasteiger partial charge is 0.349 e. The van der Waals surface area contributed by atoms with Gasteiger partial charge in [-0.05, 0) is 30.7 Å². The fraction of sp³-hybridized carbons (Fsp3) is 0.143. The van der Waals surface area contributed by atoms with Gasteiger partial charge in [0.25, 0.3) is 0 Å². The molecule has 0 aliphatic rings. The Kier molecular flexibility index (Phi) is 4.71. The van der Waals surface area contributed by atoms with Crippen molar-refractivity contribution in [1.29, 1.82) is 5.26 Å². The molecule has 3 nitrogen and oxygen atoms in total. The maximum atomic E-state index is 11.4. The van der Waals surface area contributed by atoms with Gasteiger partial charge < -0.3 is 5.32 Å². The average Bonchev–Trinajstić information content (AvgIpc) is 2.34. The molecule has 0 saturated heterocycles. The van der Waals surface area contributed by atoms with Gasteiger partial charge >= 0.3 is 0 Å². The third-order valence-corrected chi connectivity index (χ3v) is 2.03. The fourth-order valence-electron chi connectivity index (χ4n) is 1.14. The lowest BCUT2D eigenvalue weighted by Crippen LogP contribution is -2.22. The number of hydrogen-bond donors (Lipinski definition) is 1. The predicted molar refractivity (Wildman–Crippen MR) is 68.0 cm³/mol. The summed E-state index contributed by atoms with van der Waals surface area (Å²) in [6.07, 6.45) is 3.17. The SMILES string of the molecule is C=C(C)CNC(=O)/C=C/c1ccc(C#N)cc1. The highest BCUT2D eigenvalue weighted by Gasteiger charge is 1.94. The van der Waals surface area contributed by atoms with E-state index in [1.807, 2.05) is 13.0 Å². The number of nitrogens with one attached hydrogen (secondary N) is 1. The normalized spacial score (nSPS) is 9.88. The van der Waals surface area contributed by atoms with E-state index < -0.39 is 0 Å². The van der Waals surface area contributed by atoms with Gasteiger partial charge in [0, 0.05) is 12.6 Å². The molecule has 0 bridgehead atoms. The Morgan fingerprint density at radius 3 is 2.65 bits per heavy atom. The lowest BCUT2D eigenvalue weighted by atomic mass is 10.1. The Balaban J connectivity index is 2.55. The van der Waals surface area contributed by atoms with Crippen molar-refractivity contribution in [2.75, 3.05) is 6.54 Å². The molecular weight excluding hydrogens is 212 g/mol. The first-order valence-electron chi connectivity index (χ1n) is 5.22. The van der Waals surface area contributed by atoms with Crippen molar-refractivity contribution in [1.82, 2.24) is 5.32 Å². The molecular formula is C14H14N2O. The molecule has 0 fully saturated rings. The first-order chi connectivity index (χ1) is 8.11. The van der Waals surface area contributed by atoms with Crippen molar-refractivity contribution in [3.63, 3.8) is 0 Å². The summed E-state index contributed by atoms with van der Waals surface area (Å²) in [7, 11) is 0. The molecule has 1 aromatic rings. The zero-order valence-electron chi connectivity index (χ0n) is 9.73. The molecule has 3 heteroatoms. The summed E-state index contributed by atoms with van der Waals surface area (Å²) in [4.78, 5) is 11.4. The molecule has 0 spiro atoms. The maximum Gasteiger partial charge on any atom is 0.244 e. The summed E-state index contributed by atoms with van der Waals surface area (Å²) in [6, 6.07) is 9.05. The highest BCUT2D eigenvalue weighted by Crippen LogP contribution is 2.04. The van der Waals surface area contributed by atoms with E-state index in [-0.39, 0.29) is 5.91 Å². The molecule has 1 amide bonds. The second-order valence-corrected chi connectivity index (χ2v) is 3.74. The van der Waals surface area contributed by atoms with Gasteiger partial charge in [-0.2, -0.15) is 5.26 Å². The Labute approximate surface area is 101 Å². The number of carbonyl (C=O) groups is 1. The van der Waals surface area contributed by atoms with Crippen LogP contribution in [0, 0.1) is 11.3 Å². The molecule has 1 rings (SSSR count). The first-order valence-corrected chi connectivity index (χ1v) is 5.22. The maximum absolute atomic E-state index is 11.4. The number of amides is 1. The van der Waals surface area contributed by atoms with Crippen LogP contribution in [0.4, 0.5) is 0 Å². The Morgan fingerprint density at radius 1 is 1.47 bits per heavy atom. The van der Waals surface area contributed by atoms with Crippen LogP contribution in [0.3, 0.4) is 0 Å². The van der Waals surface area contributed by atoms with Crippen LogP contribution in [0.1, 0.15) is 18.1 Å². The number of nitriles is 1. The van der Waals surface area contributed by atoms with Crippen molar-refractivity contribution in [2.24, 2.45) is 0 Å². The van der Waals surface area contributed by atoms with Crippen LogP contribution in [-0.4, -0.2) is 12.5 Å². The van der Waals surface area contributed by atoms with Crippen molar-refractivity contribution < 1.29 is 4.79 Å². The highest BCUT2D eigenvalue weighted by molar-refractivity contribution is 5.91. The van der Waals surface area contributed by atoms with Crippen LogP contribution in [0.15, 0.2) is 42.5 Å². The first kappa shape index (κ1) is 12.7. The molecule has 1 aromatic carbocycles. The van der Waals surface area contributed by atoms with E-state index in [2.05, 4.69) is 11.9 Å². The van der Waals surface area contributed by atoms with E-state index in [0.717, 1.165) is 11.1 Å².